The van der Waals surface area contributed by atoms with E-state index in [1.807, 2.05) is 0 Å². The van der Waals surface area contributed by atoms with Gasteiger partial charge in [-0.25, -0.2) is 9.59 Å². The highest BCUT2D eigenvalue weighted by molar-refractivity contribution is 5.92. The van der Waals surface area contributed by atoms with Crippen LogP contribution >= 0.6 is 0 Å². The molecule has 0 spiro atoms. The van der Waals surface area contributed by atoms with Crippen molar-refractivity contribution in [1.82, 2.24) is 0 Å². The first kappa shape index (κ1) is 19.1. The van der Waals surface area contributed by atoms with Crippen LogP contribution in [0.5, 0.6) is 0 Å². The molecule has 0 saturated heterocycles. The highest BCUT2D eigenvalue weighted by atomic mass is 16.6. The summed E-state index contributed by atoms with van der Waals surface area (Å²) in [4.78, 5) is 44.0. The average Bonchev–Trinajstić information content (AvgIpc) is 2.55. The molecule has 0 aromatic heterocycles. The number of aliphatic carboxylic acids is 1. The van der Waals surface area contributed by atoms with Gasteiger partial charge in [0.2, 0.25) is 0 Å². The van der Waals surface area contributed by atoms with Gasteiger partial charge in [-0.1, -0.05) is 0 Å². The Morgan fingerprint density at radius 1 is 0.792 bits per heavy atom. The summed E-state index contributed by atoms with van der Waals surface area (Å²) in [6.45, 7) is -0.225. The lowest BCUT2D eigenvalue weighted by atomic mass is 10.1. The van der Waals surface area contributed by atoms with E-state index in [0.717, 1.165) is 0 Å². The standard InChI is InChI=1S/C16H18O8/c17-13(18)3-1-2-4-14(19)23-9-10-24-16(22)12-7-5-11(6-8-12)15(20)21/h5-8H,1-4,9-10H2,(H,17,18)(H,20,21). The molecule has 8 heteroatoms. The number of esters is 2. The number of rotatable bonds is 10. The molecule has 0 aliphatic carbocycles. The van der Waals surface area contributed by atoms with Crippen LogP contribution in [0.2, 0.25) is 0 Å². The van der Waals surface area contributed by atoms with Gasteiger partial charge in [-0.3, -0.25) is 9.59 Å². The summed E-state index contributed by atoms with van der Waals surface area (Å²) in [6.07, 6.45) is 0.927. The lowest BCUT2D eigenvalue weighted by molar-refractivity contribution is -0.145. The number of ether oxygens (including phenoxy) is 2. The first-order valence-electron chi connectivity index (χ1n) is 7.28. The second-order valence-corrected chi connectivity index (χ2v) is 4.84. The van der Waals surface area contributed by atoms with E-state index in [9.17, 15) is 19.2 Å². The molecule has 0 atom stereocenters. The van der Waals surface area contributed by atoms with E-state index in [2.05, 4.69) is 0 Å². The second kappa shape index (κ2) is 9.98. The van der Waals surface area contributed by atoms with Crippen LogP contribution in [-0.4, -0.2) is 47.3 Å². The molecule has 1 aromatic carbocycles. The molecule has 0 fully saturated rings. The fourth-order valence-corrected chi connectivity index (χ4v) is 1.74. The molecule has 0 radical (unpaired) electrons. The lowest BCUT2D eigenvalue weighted by Gasteiger charge is -2.06. The Balaban J connectivity index is 2.20. The van der Waals surface area contributed by atoms with Crippen LogP contribution in [0.1, 0.15) is 46.4 Å². The predicted octanol–water partition coefficient (Wildman–Crippen LogP) is 1.73. The van der Waals surface area contributed by atoms with E-state index < -0.39 is 23.9 Å². The number of unbranched alkanes of at least 4 members (excludes halogenated alkanes) is 1. The van der Waals surface area contributed by atoms with Crippen molar-refractivity contribution in [2.45, 2.75) is 25.7 Å². The zero-order chi connectivity index (χ0) is 17.9. The smallest absolute Gasteiger partial charge is 0.338 e. The van der Waals surface area contributed by atoms with Crippen LogP contribution in [0, 0.1) is 0 Å². The van der Waals surface area contributed by atoms with Gasteiger partial charge in [-0.2, -0.15) is 0 Å². The van der Waals surface area contributed by atoms with Gasteiger partial charge in [-0.05, 0) is 37.1 Å². The molecule has 0 aliphatic rings. The van der Waals surface area contributed by atoms with Crippen LogP contribution in [0.15, 0.2) is 24.3 Å². The third-order valence-electron chi connectivity index (χ3n) is 2.97. The van der Waals surface area contributed by atoms with Gasteiger partial charge in [0, 0.05) is 12.8 Å². The average molecular weight is 338 g/mol. The number of carboxylic acid groups (broad SMARTS) is 2. The highest BCUT2D eigenvalue weighted by Gasteiger charge is 2.10. The Labute approximate surface area is 138 Å². The predicted molar refractivity (Wildman–Crippen MR) is 80.7 cm³/mol. The zero-order valence-electron chi connectivity index (χ0n) is 12.9. The van der Waals surface area contributed by atoms with Crippen molar-refractivity contribution >= 4 is 23.9 Å². The van der Waals surface area contributed by atoms with Crippen molar-refractivity contribution in [1.29, 1.82) is 0 Å². The van der Waals surface area contributed by atoms with E-state index in [4.69, 9.17) is 19.7 Å². The highest BCUT2D eigenvalue weighted by Crippen LogP contribution is 2.06. The molecular formula is C16H18O8. The quantitative estimate of drug-likeness (QED) is 0.488. The second-order valence-electron chi connectivity index (χ2n) is 4.84. The third kappa shape index (κ3) is 7.39. The molecular weight excluding hydrogens is 320 g/mol. The summed E-state index contributed by atoms with van der Waals surface area (Å²) < 4.78 is 9.74. The van der Waals surface area contributed by atoms with Crippen molar-refractivity contribution in [3.8, 4) is 0 Å². The maximum Gasteiger partial charge on any atom is 0.338 e. The van der Waals surface area contributed by atoms with E-state index in [1.165, 1.54) is 24.3 Å². The summed E-state index contributed by atoms with van der Waals surface area (Å²) in [7, 11) is 0. The van der Waals surface area contributed by atoms with Crippen LogP contribution < -0.4 is 0 Å². The van der Waals surface area contributed by atoms with Gasteiger partial charge in [0.25, 0.3) is 0 Å². The maximum absolute atomic E-state index is 11.7. The number of hydrogen-bond acceptors (Lipinski definition) is 6. The molecule has 0 unspecified atom stereocenters. The van der Waals surface area contributed by atoms with Crippen LogP contribution in [0.4, 0.5) is 0 Å². The summed E-state index contributed by atoms with van der Waals surface area (Å²) in [6, 6.07) is 5.24. The molecule has 24 heavy (non-hydrogen) atoms. The molecule has 1 aromatic rings. The fraction of sp³-hybridized carbons (Fsp3) is 0.375. The van der Waals surface area contributed by atoms with Gasteiger partial charge in [-0.15, -0.1) is 0 Å². The summed E-state index contributed by atoms with van der Waals surface area (Å²) in [5, 5.41) is 17.2. The SMILES string of the molecule is O=C(O)CCCCC(=O)OCCOC(=O)c1ccc(C(=O)O)cc1. The van der Waals surface area contributed by atoms with Gasteiger partial charge < -0.3 is 19.7 Å². The Morgan fingerprint density at radius 2 is 1.33 bits per heavy atom. The number of carbonyl (C=O) groups excluding carboxylic acids is 2. The molecule has 8 nitrogen and oxygen atoms in total. The fourth-order valence-electron chi connectivity index (χ4n) is 1.74. The van der Waals surface area contributed by atoms with Crippen molar-refractivity contribution < 1.29 is 38.9 Å². The van der Waals surface area contributed by atoms with Gasteiger partial charge in [0.15, 0.2) is 0 Å². The van der Waals surface area contributed by atoms with Gasteiger partial charge >= 0.3 is 23.9 Å². The monoisotopic (exact) mass is 338 g/mol. The van der Waals surface area contributed by atoms with E-state index in [-0.39, 0.29) is 37.2 Å². The van der Waals surface area contributed by atoms with Crippen molar-refractivity contribution in [2.75, 3.05) is 13.2 Å². The minimum atomic E-state index is -1.09. The first-order chi connectivity index (χ1) is 11.4. The topological polar surface area (TPSA) is 127 Å². The third-order valence-corrected chi connectivity index (χ3v) is 2.97. The Kier molecular flexibility index (Phi) is 7.97. The van der Waals surface area contributed by atoms with Gasteiger partial charge in [0.1, 0.15) is 13.2 Å². The molecule has 0 saturated carbocycles. The molecule has 2 N–H and O–H groups in total. The number of carboxylic acids is 2. The summed E-state index contributed by atoms with van der Waals surface area (Å²) in [5.74, 6) is -3.14. The van der Waals surface area contributed by atoms with Crippen LogP contribution in [-0.2, 0) is 19.1 Å². The van der Waals surface area contributed by atoms with E-state index in [1.54, 1.807) is 0 Å². The molecule has 0 aliphatic heterocycles. The largest absolute Gasteiger partial charge is 0.481 e. The zero-order valence-corrected chi connectivity index (χ0v) is 12.9. The number of benzene rings is 1. The van der Waals surface area contributed by atoms with E-state index >= 15 is 0 Å². The summed E-state index contributed by atoms with van der Waals surface area (Å²) in [5.41, 5.74) is 0.253. The van der Waals surface area contributed by atoms with E-state index in [0.29, 0.717) is 12.8 Å². The molecule has 1 rings (SSSR count). The molecule has 0 heterocycles. The van der Waals surface area contributed by atoms with Crippen LogP contribution in [0.25, 0.3) is 0 Å². The minimum Gasteiger partial charge on any atom is -0.481 e. The van der Waals surface area contributed by atoms with Crippen molar-refractivity contribution in [2.24, 2.45) is 0 Å². The van der Waals surface area contributed by atoms with Gasteiger partial charge in [0.05, 0.1) is 11.1 Å². The Hall–Kier alpha value is -2.90. The van der Waals surface area contributed by atoms with Crippen LogP contribution in [0.3, 0.4) is 0 Å². The number of carbonyl (C=O) groups is 4. The molecule has 0 amide bonds. The lowest BCUT2D eigenvalue weighted by Crippen LogP contribution is -2.14. The Bertz CT molecular complexity index is 591. The molecule has 130 valence electrons. The Morgan fingerprint density at radius 3 is 1.92 bits per heavy atom. The number of hydrogen-bond donors (Lipinski definition) is 2. The maximum atomic E-state index is 11.7. The van der Waals surface area contributed by atoms with Crippen molar-refractivity contribution in [3.05, 3.63) is 35.4 Å². The summed E-state index contributed by atoms with van der Waals surface area (Å²) >= 11 is 0. The normalized spacial score (nSPS) is 10.0. The molecule has 0 bridgehead atoms. The van der Waals surface area contributed by atoms with Crippen molar-refractivity contribution in [3.63, 3.8) is 0 Å². The first-order valence-corrected chi connectivity index (χ1v) is 7.28. The minimum absolute atomic E-state index is 0.00552. The number of aromatic carboxylic acids is 1.